The quantitative estimate of drug-likeness (QED) is 0.250. The summed E-state index contributed by atoms with van der Waals surface area (Å²) in [6, 6.07) is 11.4. The maximum atomic E-state index is 15.7. The van der Waals surface area contributed by atoms with Crippen LogP contribution in [0.5, 0.6) is 5.75 Å². The first-order valence-corrected chi connectivity index (χ1v) is 13.5. The van der Waals surface area contributed by atoms with Crippen LogP contribution in [-0.2, 0) is 18.6 Å². The van der Waals surface area contributed by atoms with E-state index in [1.807, 2.05) is 0 Å². The molecule has 0 spiro atoms. The predicted molar refractivity (Wildman–Crippen MR) is 134 cm³/mol. The molecule has 2 unspecified atom stereocenters. The van der Waals surface area contributed by atoms with Gasteiger partial charge in [-0.15, -0.1) is 5.10 Å². The molecule has 0 radical (unpaired) electrons. The monoisotopic (exact) mass is 585 g/mol. The number of aliphatic hydroxyl groups is 1. The van der Waals surface area contributed by atoms with E-state index in [2.05, 4.69) is 26.0 Å². The fourth-order valence-electron chi connectivity index (χ4n) is 3.80. The molecule has 11 nitrogen and oxygen atoms in total. The van der Waals surface area contributed by atoms with E-state index in [1.165, 1.54) is 17.5 Å². The van der Waals surface area contributed by atoms with Crippen LogP contribution in [0.3, 0.4) is 0 Å². The molecule has 1 aliphatic heterocycles. The summed E-state index contributed by atoms with van der Waals surface area (Å²) < 4.78 is 45.2. The molecule has 0 saturated carbocycles. The summed E-state index contributed by atoms with van der Waals surface area (Å²) in [5.41, 5.74) is 12.1. The smallest absolute Gasteiger partial charge is 0.379 e. The number of hydrogen-bond donors (Lipinski definition) is 3. The van der Waals surface area contributed by atoms with Crippen molar-refractivity contribution in [3.63, 3.8) is 0 Å². The van der Waals surface area contributed by atoms with Crippen molar-refractivity contribution >= 4 is 46.6 Å². The Kier molecular flexibility index (Phi) is 7.40. The standard InChI is InChI=1S/C22H26BrFN5O6P/c1-12(13(2)30)11-36(32,35-14-6-4-3-5-7-14)33-10-17-18(31)22(23,24)19(34-17)15-8-9-16-20(25)27-21(26)28-29(15)16/h3-9,12,17-19,31H,10-11H2,1-2H3,(H4,25,26,27,28)/t12-,17-,18+,19+,22?,36?/m1/s1. The largest absolute Gasteiger partial charge is 0.424 e. The van der Waals surface area contributed by atoms with Gasteiger partial charge < -0.3 is 25.8 Å². The number of carbonyl (C=O) groups excluding carboxylic acids is 1. The van der Waals surface area contributed by atoms with Gasteiger partial charge in [-0.3, -0.25) is 9.32 Å². The molecule has 3 aromatic rings. The SMILES string of the molecule is CC(=O)[C@H](C)CP(=O)(OC[C@H]1O[C@@H](c2ccc3c(N)nc(N)nn23)C(F)(Br)[C@H]1O)Oc1ccccc1. The Morgan fingerprint density at radius 1 is 1.33 bits per heavy atom. The van der Waals surface area contributed by atoms with Crippen LogP contribution in [0.25, 0.3) is 5.52 Å². The molecule has 4 rings (SSSR count). The summed E-state index contributed by atoms with van der Waals surface area (Å²) in [6.07, 6.45) is -4.54. The number of benzene rings is 1. The normalized spacial score (nSPS) is 26.5. The third kappa shape index (κ3) is 5.25. The number of halogens is 2. The highest BCUT2D eigenvalue weighted by molar-refractivity contribution is 9.10. The van der Waals surface area contributed by atoms with Gasteiger partial charge in [0, 0.05) is 5.92 Å². The van der Waals surface area contributed by atoms with Crippen LogP contribution in [-0.4, -0.2) is 55.0 Å². The number of Topliss-reactive ketones (excluding diaryl/α,β-unsaturated/α-hetero) is 1. The van der Waals surface area contributed by atoms with E-state index in [0.717, 1.165) is 0 Å². The van der Waals surface area contributed by atoms with Crippen molar-refractivity contribution < 1.29 is 32.6 Å². The first-order valence-electron chi connectivity index (χ1n) is 11.0. The molecule has 6 atom stereocenters. The van der Waals surface area contributed by atoms with Gasteiger partial charge in [0.25, 0.3) is 0 Å². The van der Waals surface area contributed by atoms with Crippen LogP contribution in [0.15, 0.2) is 42.5 Å². The minimum atomic E-state index is -3.91. The minimum absolute atomic E-state index is 0.0878. The van der Waals surface area contributed by atoms with Gasteiger partial charge in [0.05, 0.1) is 18.5 Å². The number of nitrogen functional groups attached to an aromatic ring is 2. The summed E-state index contributed by atoms with van der Waals surface area (Å²) >= 11 is 2.93. The van der Waals surface area contributed by atoms with Crippen molar-refractivity contribution in [2.45, 2.75) is 36.7 Å². The van der Waals surface area contributed by atoms with Crippen LogP contribution < -0.4 is 16.0 Å². The molecule has 2 aromatic heterocycles. The topological polar surface area (TPSA) is 164 Å². The number of anilines is 2. The number of carbonyl (C=O) groups is 1. The third-order valence-corrected chi connectivity index (χ3v) is 8.79. The molecular formula is C22H26BrFN5O6P. The van der Waals surface area contributed by atoms with Gasteiger partial charge in [0.15, 0.2) is 5.82 Å². The zero-order valence-electron chi connectivity index (χ0n) is 19.5. The zero-order chi connectivity index (χ0) is 26.3. The highest BCUT2D eigenvalue weighted by Crippen LogP contribution is 2.53. The van der Waals surface area contributed by atoms with Crippen molar-refractivity contribution in [3.05, 3.63) is 48.2 Å². The van der Waals surface area contributed by atoms with E-state index in [1.54, 1.807) is 43.3 Å². The van der Waals surface area contributed by atoms with Crippen LogP contribution >= 0.6 is 23.5 Å². The lowest BCUT2D eigenvalue weighted by molar-refractivity contribution is -0.119. The maximum absolute atomic E-state index is 15.7. The number of alkyl halides is 2. The van der Waals surface area contributed by atoms with Crippen molar-refractivity contribution in [2.75, 3.05) is 24.2 Å². The lowest BCUT2D eigenvalue weighted by atomic mass is 10.1. The summed E-state index contributed by atoms with van der Waals surface area (Å²) in [5.74, 6) is -0.590. The van der Waals surface area contributed by atoms with Crippen molar-refractivity contribution in [2.24, 2.45) is 5.92 Å². The molecule has 0 amide bonds. The first-order chi connectivity index (χ1) is 16.9. The third-order valence-electron chi connectivity index (χ3n) is 5.87. The lowest BCUT2D eigenvalue weighted by Gasteiger charge is -2.24. The molecule has 0 bridgehead atoms. The molecular weight excluding hydrogens is 560 g/mol. The molecule has 1 saturated heterocycles. The molecule has 1 aromatic carbocycles. The molecule has 1 fully saturated rings. The van der Waals surface area contributed by atoms with Crippen LogP contribution in [0.1, 0.15) is 25.6 Å². The van der Waals surface area contributed by atoms with E-state index < -0.39 is 43.0 Å². The average Bonchev–Trinajstić information content (AvgIpc) is 3.31. The number of ether oxygens (including phenoxy) is 1. The Bertz CT molecular complexity index is 1310. The summed E-state index contributed by atoms with van der Waals surface area (Å²) in [7, 11) is -3.91. The molecule has 3 heterocycles. The lowest BCUT2D eigenvalue weighted by Crippen LogP contribution is -2.37. The van der Waals surface area contributed by atoms with Gasteiger partial charge in [-0.2, -0.15) is 4.98 Å². The molecule has 14 heteroatoms. The highest BCUT2D eigenvalue weighted by Gasteiger charge is 2.57. The number of aromatic nitrogens is 3. The van der Waals surface area contributed by atoms with E-state index in [9.17, 15) is 14.5 Å². The fourth-order valence-corrected chi connectivity index (χ4v) is 6.42. The van der Waals surface area contributed by atoms with E-state index >= 15 is 4.39 Å². The van der Waals surface area contributed by atoms with Crippen molar-refractivity contribution in [1.82, 2.24) is 14.6 Å². The number of nitrogens with two attached hydrogens (primary N) is 2. The van der Waals surface area contributed by atoms with Gasteiger partial charge in [-0.25, -0.2) is 13.5 Å². The second-order valence-electron chi connectivity index (χ2n) is 8.59. The van der Waals surface area contributed by atoms with Crippen molar-refractivity contribution in [3.8, 4) is 5.75 Å². The number of para-hydroxylation sites is 1. The average molecular weight is 586 g/mol. The summed E-state index contributed by atoms with van der Waals surface area (Å²) in [5, 5.41) is 14.8. The molecule has 1 aliphatic rings. The van der Waals surface area contributed by atoms with Gasteiger partial charge >= 0.3 is 7.60 Å². The second-order valence-corrected chi connectivity index (χ2v) is 11.8. The summed E-state index contributed by atoms with van der Waals surface area (Å²) in [4.78, 5) is 15.7. The van der Waals surface area contributed by atoms with Gasteiger partial charge in [-0.1, -0.05) is 25.1 Å². The molecule has 0 aliphatic carbocycles. The Morgan fingerprint density at radius 2 is 2.03 bits per heavy atom. The van der Waals surface area contributed by atoms with E-state index in [0.29, 0.717) is 5.52 Å². The number of nitrogens with zero attached hydrogens (tertiary/aromatic N) is 3. The Morgan fingerprint density at radius 3 is 2.69 bits per heavy atom. The number of hydrogen-bond acceptors (Lipinski definition) is 10. The maximum Gasteiger partial charge on any atom is 0.379 e. The number of fused-ring (bicyclic) bond motifs is 1. The van der Waals surface area contributed by atoms with Crippen molar-refractivity contribution in [1.29, 1.82) is 0 Å². The number of aliphatic hydroxyl groups excluding tert-OH is 1. The second kappa shape index (κ2) is 10.1. The minimum Gasteiger partial charge on any atom is -0.424 e. The highest BCUT2D eigenvalue weighted by atomic mass is 79.9. The van der Waals surface area contributed by atoms with E-state index in [4.69, 9.17) is 25.3 Å². The Hall–Kier alpha value is -2.57. The van der Waals surface area contributed by atoms with Gasteiger partial charge in [0.1, 0.15) is 35.4 Å². The van der Waals surface area contributed by atoms with Crippen LogP contribution in [0, 0.1) is 5.92 Å². The number of rotatable bonds is 9. The first kappa shape index (κ1) is 26.5. The Labute approximate surface area is 214 Å². The molecule has 5 N–H and O–H groups in total. The van der Waals surface area contributed by atoms with Crippen LogP contribution in [0.4, 0.5) is 16.2 Å². The fraction of sp³-hybridized carbons (Fsp3) is 0.409. The zero-order valence-corrected chi connectivity index (χ0v) is 21.9. The molecule has 36 heavy (non-hydrogen) atoms. The van der Waals surface area contributed by atoms with E-state index in [-0.39, 0.29) is 35.2 Å². The molecule has 194 valence electrons. The van der Waals surface area contributed by atoms with Crippen LogP contribution in [0.2, 0.25) is 0 Å². The summed E-state index contributed by atoms with van der Waals surface area (Å²) in [6.45, 7) is 2.50. The predicted octanol–water partition coefficient (Wildman–Crippen LogP) is 3.27. The van der Waals surface area contributed by atoms with Gasteiger partial charge in [-0.05, 0) is 47.1 Å². The number of ketones is 1. The Balaban J connectivity index is 1.57. The van der Waals surface area contributed by atoms with Gasteiger partial charge in [0.2, 0.25) is 10.5 Å².